The average Bonchev–Trinajstić information content (AvgIpc) is 2.36. The summed E-state index contributed by atoms with van der Waals surface area (Å²) in [6.45, 7) is 3.12. The summed E-state index contributed by atoms with van der Waals surface area (Å²) in [7, 11) is 0. The summed E-state index contributed by atoms with van der Waals surface area (Å²) in [5.74, 6) is 0.859. The molecule has 0 aliphatic carbocycles. The normalized spacial score (nSPS) is 10.2. The van der Waals surface area contributed by atoms with Gasteiger partial charge in [0.05, 0.1) is 12.2 Å². The minimum atomic E-state index is -0.285. The first-order valence-corrected chi connectivity index (χ1v) is 8.07. The quantitative estimate of drug-likeness (QED) is 0.609. The Hall–Kier alpha value is -0.680. The number of carbonyl (C=O) groups is 1. The molecule has 0 spiro atoms. The molecule has 0 amide bonds. The summed E-state index contributed by atoms with van der Waals surface area (Å²) < 4.78 is 5.84. The summed E-state index contributed by atoms with van der Waals surface area (Å²) in [6, 6.07) is 5.46. The second kappa shape index (κ2) is 8.43. The van der Waals surface area contributed by atoms with E-state index < -0.39 is 0 Å². The van der Waals surface area contributed by atoms with Crippen LogP contribution in [0, 0.1) is 0 Å². The Morgan fingerprint density at radius 1 is 1.50 bits per heavy atom. The van der Waals surface area contributed by atoms with Crippen molar-refractivity contribution in [1.29, 1.82) is 0 Å². The molecule has 0 aliphatic heterocycles. The summed E-state index contributed by atoms with van der Waals surface area (Å²) in [5, 5.41) is 3.33. The molecule has 1 aromatic rings. The van der Waals surface area contributed by atoms with Gasteiger partial charge in [-0.15, -0.1) is 0 Å². The molecule has 0 aliphatic rings. The van der Waals surface area contributed by atoms with Crippen molar-refractivity contribution in [2.75, 3.05) is 30.5 Å². The summed E-state index contributed by atoms with van der Waals surface area (Å²) in [4.78, 5) is 11.5. The first kappa shape index (κ1) is 15.4. The van der Waals surface area contributed by atoms with Crippen LogP contribution in [0.4, 0.5) is 5.69 Å². The SMILES string of the molecule is CCOC(=O)c1ccc(NCCCSC)c(Br)c1. The molecule has 0 saturated heterocycles. The van der Waals surface area contributed by atoms with Gasteiger partial charge in [-0.05, 0) is 59.5 Å². The standard InChI is InChI=1S/C13H18BrNO2S/c1-3-17-13(16)10-5-6-12(11(14)9-10)15-7-4-8-18-2/h5-6,9,15H,3-4,7-8H2,1-2H3. The zero-order valence-electron chi connectivity index (χ0n) is 10.7. The van der Waals surface area contributed by atoms with Gasteiger partial charge in [0.1, 0.15) is 0 Å². The van der Waals surface area contributed by atoms with Crippen LogP contribution in [0.3, 0.4) is 0 Å². The fourth-order valence-corrected chi connectivity index (χ4v) is 2.39. The van der Waals surface area contributed by atoms with Crippen molar-refractivity contribution in [2.24, 2.45) is 0 Å². The molecule has 1 N–H and O–H groups in total. The highest BCUT2D eigenvalue weighted by Gasteiger charge is 2.08. The number of anilines is 1. The van der Waals surface area contributed by atoms with Crippen LogP contribution < -0.4 is 5.32 Å². The third-order valence-corrected chi connectivity index (χ3v) is 3.67. The lowest BCUT2D eigenvalue weighted by Crippen LogP contribution is -2.06. The van der Waals surface area contributed by atoms with Gasteiger partial charge in [0.15, 0.2) is 0 Å². The molecule has 3 nitrogen and oxygen atoms in total. The number of hydrogen-bond donors (Lipinski definition) is 1. The molecule has 0 fully saturated rings. The number of rotatable bonds is 7. The molecule has 0 radical (unpaired) electrons. The maximum absolute atomic E-state index is 11.5. The predicted molar refractivity (Wildman–Crippen MR) is 81.6 cm³/mol. The minimum Gasteiger partial charge on any atom is -0.462 e. The molecule has 0 atom stereocenters. The van der Waals surface area contributed by atoms with E-state index in [1.54, 1.807) is 19.1 Å². The summed E-state index contributed by atoms with van der Waals surface area (Å²) in [5.41, 5.74) is 1.57. The molecule has 18 heavy (non-hydrogen) atoms. The van der Waals surface area contributed by atoms with Crippen LogP contribution in [-0.4, -0.2) is 31.1 Å². The highest BCUT2D eigenvalue weighted by molar-refractivity contribution is 9.10. The van der Waals surface area contributed by atoms with Crippen LogP contribution in [0.5, 0.6) is 0 Å². The number of hydrogen-bond acceptors (Lipinski definition) is 4. The van der Waals surface area contributed by atoms with Crippen molar-refractivity contribution in [2.45, 2.75) is 13.3 Å². The van der Waals surface area contributed by atoms with Gasteiger partial charge in [-0.2, -0.15) is 11.8 Å². The molecular weight excluding hydrogens is 314 g/mol. The highest BCUT2D eigenvalue weighted by atomic mass is 79.9. The molecule has 0 saturated carbocycles. The van der Waals surface area contributed by atoms with Gasteiger partial charge in [-0.25, -0.2) is 4.79 Å². The maximum atomic E-state index is 11.5. The zero-order chi connectivity index (χ0) is 13.4. The van der Waals surface area contributed by atoms with Gasteiger partial charge < -0.3 is 10.1 Å². The first-order chi connectivity index (χ1) is 8.69. The van der Waals surface area contributed by atoms with E-state index in [1.165, 1.54) is 0 Å². The lowest BCUT2D eigenvalue weighted by molar-refractivity contribution is 0.0526. The minimum absolute atomic E-state index is 0.285. The third kappa shape index (κ3) is 4.90. The predicted octanol–water partition coefficient (Wildman–Crippen LogP) is 3.79. The molecule has 0 aromatic heterocycles. The topological polar surface area (TPSA) is 38.3 Å². The van der Waals surface area contributed by atoms with E-state index in [-0.39, 0.29) is 5.97 Å². The molecule has 1 rings (SSSR count). The number of thioether (sulfide) groups is 1. The van der Waals surface area contributed by atoms with E-state index >= 15 is 0 Å². The summed E-state index contributed by atoms with van der Waals surface area (Å²) in [6.07, 6.45) is 3.22. The van der Waals surface area contributed by atoms with Crippen molar-refractivity contribution in [1.82, 2.24) is 0 Å². The van der Waals surface area contributed by atoms with E-state index in [9.17, 15) is 4.79 Å². The van der Waals surface area contributed by atoms with Crippen LogP contribution >= 0.6 is 27.7 Å². The summed E-state index contributed by atoms with van der Waals surface area (Å²) >= 11 is 5.30. The molecule has 0 heterocycles. The second-order valence-electron chi connectivity index (χ2n) is 3.69. The van der Waals surface area contributed by atoms with Gasteiger partial charge in [0.2, 0.25) is 0 Å². The highest BCUT2D eigenvalue weighted by Crippen LogP contribution is 2.24. The van der Waals surface area contributed by atoms with Crippen molar-refractivity contribution in [3.05, 3.63) is 28.2 Å². The van der Waals surface area contributed by atoms with Crippen molar-refractivity contribution < 1.29 is 9.53 Å². The van der Waals surface area contributed by atoms with Crippen LogP contribution in [0.15, 0.2) is 22.7 Å². The Morgan fingerprint density at radius 2 is 2.28 bits per heavy atom. The lowest BCUT2D eigenvalue weighted by atomic mass is 10.2. The van der Waals surface area contributed by atoms with E-state index in [0.29, 0.717) is 12.2 Å². The van der Waals surface area contributed by atoms with E-state index in [2.05, 4.69) is 27.5 Å². The number of esters is 1. The van der Waals surface area contributed by atoms with E-state index in [4.69, 9.17) is 4.74 Å². The van der Waals surface area contributed by atoms with Crippen LogP contribution in [0.2, 0.25) is 0 Å². The monoisotopic (exact) mass is 331 g/mol. The molecular formula is C13H18BrNO2S. The Morgan fingerprint density at radius 3 is 2.89 bits per heavy atom. The van der Waals surface area contributed by atoms with E-state index in [0.717, 1.165) is 28.9 Å². The van der Waals surface area contributed by atoms with Gasteiger partial charge in [-0.3, -0.25) is 0 Å². The fourth-order valence-electron chi connectivity index (χ4n) is 1.44. The average molecular weight is 332 g/mol. The Kier molecular flexibility index (Phi) is 7.20. The molecule has 0 bridgehead atoms. The van der Waals surface area contributed by atoms with Crippen LogP contribution in [0.25, 0.3) is 0 Å². The third-order valence-electron chi connectivity index (χ3n) is 2.32. The largest absolute Gasteiger partial charge is 0.462 e. The number of ether oxygens (including phenoxy) is 1. The number of nitrogens with one attached hydrogen (secondary N) is 1. The van der Waals surface area contributed by atoms with Crippen molar-refractivity contribution in [3.63, 3.8) is 0 Å². The van der Waals surface area contributed by atoms with Crippen molar-refractivity contribution in [3.8, 4) is 0 Å². The molecule has 5 heteroatoms. The Balaban J connectivity index is 2.59. The van der Waals surface area contributed by atoms with Crippen LogP contribution in [-0.2, 0) is 4.74 Å². The first-order valence-electron chi connectivity index (χ1n) is 5.88. The number of benzene rings is 1. The Bertz CT molecular complexity index is 399. The van der Waals surface area contributed by atoms with Crippen LogP contribution in [0.1, 0.15) is 23.7 Å². The van der Waals surface area contributed by atoms with Gasteiger partial charge >= 0.3 is 5.97 Å². The lowest BCUT2D eigenvalue weighted by Gasteiger charge is -2.09. The van der Waals surface area contributed by atoms with Gasteiger partial charge in [0, 0.05) is 16.7 Å². The molecule has 1 aromatic carbocycles. The number of carbonyl (C=O) groups excluding carboxylic acids is 1. The maximum Gasteiger partial charge on any atom is 0.338 e. The fraction of sp³-hybridized carbons (Fsp3) is 0.462. The molecule has 0 unspecified atom stereocenters. The van der Waals surface area contributed by atoms with Crippen molar-refractivity contribution >= 4 is 39.3 Å². The smallest absolute Gasteiger partial charge is 0.338 e. The van der Waals surface area contributed by atoms with E-state index in [1.807, 2.05) is 17.8 Å². The van der Waals surface area contributed by atoms with Gasteiger partial charge in [-0.1, -0.05) is 0 Å². The molecule has 100 valence electrons. The second-order valence-corrected chi connectivity index (χ2v) is 5.53. The Labute approximate surface area is 121 Å². The number of halogens is 1. The zero-order valence-corrected chi connectivity index (χ0v) is 13.1. The van der Waals surface area contributed by atoms with Gasteiger partial charge in [0.25, 0.3) is 0 Å².